The Labute approximate surface area is 418 Å². The maximum Gasteiger partial charge on any atom is 0.303 e. The van der Waals surface area contributed by atoms with Gasteiger partial charge in [-0.25, -0.2) is 8.42 Å². The number of anilines is 1. The molecule has 1 N–H and O–H groups in total. The maximum absolute atomic E-state index is 12.8. The van der Waals surface area contributed by atoms with Crippen molar-refractivity contribution < 1.29 is 37.2 Å². The zero-order valence-electron chi connectivity index (χ0n) is 40.8. The molecular formula is C54H57ClN6O9S. The van der Waals surface area contributed by atoms with Crippen molar-refractivity contribution in [1.29, 1.82) is 0 Å². The highest BCUT2D eigenvalue weighted by Crippen LogP contribution is 2.68. The van der Waals surface area contributed by atoms with Gasteiger partial charge >= 0.3 is 5.97 Å². The number of nitrogens with one attached hydrogen (secondary N) is 1. The van der Waals surface area contributed by atoms with Crippen LogP contribution in [0.2, 0.25) is 5.02 Å². The van der Waals surface area contributed by atoms with Crippen LogP contribution in [0.4, 0.5) is 11.4 Å². The average molecular weight is 1000 g/mol. The van der Waals surface area contributed by atoms with Crippen LogP contribution in [0.25, 0.3) is 5.69 Å². The van der Waals surface area contributed by atoms with Crippen LogP contribution in [0, 0.1) is 45.6 Å². The summed E-state index contributed by atoms with van der Waals surface area (Å²) in [5, 5.41) is 19.9. The van der Waals surface area contributed by atoms with E-state index in [4.69, 9.17) is 26.1 Å². The molecule has 0 unspecified atom stereocenters. The Bertz CT molecular complexity index is 3140. The van der Waals surface area contributed by atoms with Crippen LogP contribution in [0.15, 0.2) is 125 Å². The van der Waals surface area contributed by atoms with E-state index in [-0.39, 0.29) is 45.5 Å². The molecule has 5 aliphatic rings. The highest BCUT2D eigenvalue weighted by atomic mass is 35.5. The molecule has 0 radical (unpaired) electrons. The number of allylic oxidation sites excluding steroid dienone is 4. The molecule has 0 amide bonds. The quantitative estimate of drug-likeness (QED) is 0.0880. The summed E-state index contributed by atoms with van der Waals surface area (Å²) in [6, 6.07) is 28.2. The molecule has 10 rings (SSSR count). The fraction of sp³-hybridized carbons (Fsp3) is 0.370. The number of rotatable bonds is 8. The molecule has 1 aromatic heterocycles. The molecule has 71 heavy (non-hydrogen) atoms. The van der Waals surface area contributed by atoms with E-state index in [1.807, 2.05) is 54.0 Å². The second-order valence-electron chi connectivity index (χ2n) is 19.5. The number of nitro groups is 1. The first-order valence-electron chi connectivity index (χ1n) is 23.6. The molecule has 2 heterocycles. The van der Waals surface area contributed by atoms with Gasteiger partial charge in [0.15, 0.2) is 28.7 Å². The fourth-order valence-electron chi connectivity index (χ4n) is 11.9. The van der Waals surface area contributed by atoms with E-state index in [9.17, 15) is 32.9 Å². The third-order valence-corrected chi connectivity index (χ3v) is 15.9. The summed E-state index contributed by atoms with van der Waals surface area (Å²) < 4.78 is 38.3. The predicted molar refractivity (Wildman–Crippen MR) is 271 cm³/mol. The number of hydrogen-bond donors (Lipinski definition) is 1. The number of aliphatic imine (C=N–C) groups is 1. The molecule has 15 nitrogen and oxygen atoms in total. The number of ether oxygens (including phenoxy) is 2. The first kappa shape index (κ1) is 50.6. The minimum atomic E-state index is -3.52. The van der Waals surface area contributed by atoms with Crippen LogP contribution in [0.5, 0.6) is 11.5 Å². The maximum atomic E-state index is 12.8. The highest BCUT2D eigenvalue weighted by Gasteiger charge is 2.67. The first-order chi connectivity index (χ1) is 33.6. The summed E-state index contributed by atoms with van der Waals surface area (Å²) in [7, 11) is -3.52. The van der Waals surface area contributed by atoms with E-state index in [0.29, 0.717) is 47.9 Å². The van der Waals surface area contributed by atoms with Gasteiger partial charge in [-0.1, -0.05) is 85.6 Å². The largest absolute Gasteiger partial charge is 0.455 e. The standard InChI is InChI=1S/C24H32O4.C17H13ClN4.C13H12N2O5S/c1-14-12-18-19(22(4)9-6-17(27)13-21(14)22)7-10-23(5)20(18)8-11-24(23,15(2)25)28-16(3)26;1-11-20-21-16-10-19-17(12-5-3-2-4-6-12)14-9-13(18)7-8-15(14)22(11)16;1-21(18,19)14-12-8-7-10(15(16)17)9-13(12)20-11-5-3-2-4-6-11/h12-13,18-20H,6-11H2,1-5H3;2-9H,10H2,1H3;2-9,14H,1H3/t18-,19+,20+,22-,23+,24+;;/m1../s1. The number of nitro benzene ring substituents is 1. The molecule has 5 aromatic rings. The van der Waals surface area contributed by atoms with Crippen LogP contribution in [-0.2, 0) is 35.7 Å². The lowest BCUT2D eigenvalue weighted by molar-refractivity contribution is -0.384. The molecule has 4 aromatic carbocycles. The summed E-state index contributed by atoms with van der Waals surface area (Å²) in [5.41, 5.74) is 5.11. The number of ketones is 2. The van der Waals surface area contributed by atoms with Gasteiger partial charge in [-0.2, -0.15) is 0 Å². The summed E-state index contributed by atoms with van der Waals surface area (Å²) in [5.74, 6) is 3.21. The number of hydrogen-bond acceptors (Lipinski definition) is 12. The molecule has 0 spiro atoms. The predicted octanol–water partition coefficient (Wildman–Crippen LogP) is 10.9. The monoisotopic (exact) mass is 1000 g/mol. The third kappa shape index (κ3) is 9.96. The Balaban J connectivity index is 0.000000145. The van der Waals surface area contributed by atoms with Crippen molar-refractivity contribution in [3.63, 3.8) is 0 Å². The Morgan fingerprint density at radius 1 is 0.901 bits per heavy atom. The number of carbonyl (C=O) groups excluding carboxylic acids is 3. The van der Waals surface area contributed by atoms with Crippen molar-refractivity contribution >= 4 is 56.2 Å². The number of carbonyl (C=O) groups is 3. The molecule has 2 fully saturated rings. The van der Waals surface area contributed by atoms with Gasteiger partial charge in [-0.15, -0.1) is 10.2 Å². The Morgan fingerprint density at radius 3 is 2.25 bits per heavy atom. The number of non-ortho nitro benzene ring substituents is 1. The van der Waals surface area contributed by atoms with Crippen molar-refractivity contribution in [2.24, 2.45) is 33.6 Å². The van der Waals surface area contributed by atoms with Crippen molar-refractivity contribution in [1.82, 2.24) is 14.8 Å². The normalized spacial score (nSPS) is 24.9. The number of fused-ring (bicyclic) bond motifs is 8. The Morgan fingerprint density at radius 2 is 1.59 bits per heavy atom. The Hall–Kier alpha value is -6.78. The van der Waals surface area contributed by atoms with Crippen LogP contribution in [0.1, 0.15) is 95.9 Å². The number of aryl methyl sites for hydroxylation is 1. The zero-order valence-corrected chi connectivity index (χ0v) is 42.3. The number of esters is 1. The van der Waals surface area contributed by atoms with Crippen molar-refractivity contribution in [2.75, 3.05) is 11.0 Å². The van der Waals surface area contributed by atoms with E-state index >= 15 is 0 Å². The summed E-state index contributed by atoms with van der Waals surface area (Å²) >= 11 is 6.23. The van der Waals surface area contributed by atoms with Gasteiger partial charge in [0.25, 0.3) is 5.69 Å². The van der Waals surface area contributed by atoms with Crippen LogP contribution < -0.4 is 9.46 Å². The summed E-state index contributed by atoms with van der Waals surface area (Å²) in [6.07, 6.45) is 10.2. The van der Waals surface area contributed by atoms with Gasteiger partial charge in [0.2, 0.25) is 10.0 Å². The van der Waals surface area contributed by atoms with E-state index < -0.39 is 20.5 Å². The van der Waals surface area contributed by atoms with E-state index in [0.717, 1.165) is 66.1 Å². The van der Waals surface area contributed by atoms with Gasteiger partial charge in [-0.3, -0.25) is 38.8 Å². The second kappa shape index (κ2) is 19.8. The van der Waals surface area contributed by atoms with E-state index in [1.165, 1.54) is 36.3 Å². The third-order valence-electron chi connectivity index (χ3n) is 15.1. The molecule has 17 heteroatoms. The first-order valence-corrected chi connectivity index (χ1v) is 25.9. The number of Topliss-reactive ketones (excluding diaryl/α,β-unsaturated/α-hetero) is 1. The van der Waals surface area contributed by atoms with E-state index in [1.54, 1.807) is 37.3 Å². The number of benzene rings is 4. The van der Waals surface area contributed by atoms with Crippen LogP contribution in [-0.4, -0.2) is 63.2 Å². The van der Waals surface area contributed by atoms with Gasteiger partial charge in [0, 0.05) is 41.0 Å². The summed E-state index contributed by atoms with van der Waals surface area (Å²) in [4.78, 5) is 51.8. The number of aromatic nitrogens is 3. The molecule has 4 aliphatic carbocycles. The highest BCUT2D eigenvalue weighted by molar-refractivity contribution is 7.92. The van der Waals surface area contributed by atoms with Gasteiger partial charge in [-0.05, 0) is 124 Å². The molecule has 370 valence electrons. The minimum absolute atomic E-state index is 0.0160. The van der Waals surface area contributed by atoms with Gasteiger partial charge in [0.05, 0.1) is 34.3 Å². The molecule has 2 saturated carbocycles. The topological polar surface area (TPSA) is 202 Å². The van der Waals surface area contributed by atoms with Crippen LogP contribution in [0.3, 0.4) is 0 Å². The van der Waals surface area contributed by atoms with Crippen molar-refractivity contribution in [3.05, 3.63) is 158 Å². The average Bonchev–Trinajstić information content (AvgIpc) is 3.78. The van der Waals surface area contributed by atoms with Crippen molar-refractivity contribution in [3.8, 4) is 17.2 Å². The molecule has 6 atom stereocenters. The molecular weight excluding hydrogens is 944 g/mol. The van der Waals surface area contributed by atoms with Crippen LogP contribution >= 0.6 is 11.6 Å². The van der Waals surface area contributed by atoms with E-state index in [2.05, 4.69) is 53.9 Å². The summed E-state index contributed by atoms with van der Waals surface area (Å²) in [6.45, 7) is 12.1. The zero-order chi connectivity index (χ0) is 51.0. The second-order valence-corrected chi connectivity index (χ2v) is 21.7. The molecule has 1 aliphatic heterocycles. The Kier molecular flexibility index (Phi) is 14.1. The lowest BCUT2D eigenvalue weighted by atomic mass is 9.47. The minimum Gasteiger partial charge on any atom is -0.455 e. The number of halogens is 1. The number of sulfonamides is 1. The van der Waals surface area contributed by atoms with Gasteiger partial charge in [0.1, 0.15) is 18.1 Å². The molecule has 0 saturated heterocycles. The SMILES string of the molecule is CC(=O)O[C@]1(C(C)=O)CC[C@H]2[C@@H]3C=C(C)C4=CC(=O)CC[C@]4(C)[C@H]3CC[C@@]21C.CS(=O)(=O)Nc1ccc([N+](=O)[O-])cc1Oc1ccccc1.Cc1nnc2n1-c1ccc(Cl)cc1C(c1ccccc1)=NC2. The lowest BCUT2D eigenvalue weighted by Gasteiger charge is -2.58. The number of para-hydroxylation sites is 1. The number of nitrogens with zero attached hydrogens (tertiary/aromatic N) is 5. The smallest absolute Gasteiger partial charge is 0.303 e. The fourth-order valence-corrected chi connectivity index (χ4v) is 12.6. The van der Waals surface area contributed by atoms with Crippen molar-refractivity contribution in [2.45, 2.75) is 92.2 Å². The lowest BCUT2D eigenvalue weighted by Crippen LogP contribution is -2.58. The molecule has 0 bridgehead atoms. The van der Waals surface area contributed by atoms with Gasteiger partial charge < -0.3 is 9.47 Å².